The van der Waals surface area contributed by atoms with Crippen LogP contribution in [0.5, 0.6) is 0 Å². The maximum atomic E-state index is 12.8. The number of fused-ring (bicyclic) bond motifs is 1. The van der Waals surface area contributed by atoms with E-state index in [9.17, 15) is 27.9 Å². The van der Waals surface area contributed by atoms with Crippen molar-refractivity contribution in [1.82, 2.24) is 19.8 Å². The number of thioether (sulfide) groups is 1. The van der Waals surface area contributed by atoms with Crippen LogP contribution in [0.3, 0.4) is 0 Å². The van der Waals surface area contributed by atoms with E-state index < -0.39 is 34.0 Å². The number of rotatable bonds is 7. The van der Waals surface area contributed by atoms with Crippen molar-refractivity contribution in [3.8, 4) is 0 Å². The summed E-state index contributed by atoms with van der Waals surface area (Å²) in [5.74, 6) is -2.39. The van der Waals surface area contributed by atoms with Crippen LogP contribution >= 0.6 is 11.8 Å². The summed E-state index contributed by atoms with van der Waals surface area (Å²) < 4.78 is 31.1. The minimum atomic E-state index is -3.51. The molecule has 1 unspecified atom stereocenters. The Morgan fingerprint density at radius 3 is 2.58 bits per heavy atom. The molecule has 3 fully saturated rings. The van der Waals surface area contributed by atoms with Gasteiger partial charge >= 0.3 is 5.97 Å². The first-order valence-electron chi connectivity index (χ1n) is 11.0. The standard InChI is InChI=1S/C20H30N4O7S2/c1-10-15-14(11(2)22-33(3,29)30)19(26)24(15)16(20(27)28)17(10)32-12-8-13(21-9-12)18(25)23-4-6-31-7-5-23/h10-15,21-22H,4-9H2,1-3H3,(H,27,28)/t10-,11?,12+,13+,14-,15-/m1/s1. The first-order valence-corrected chi connectivity index (χ1v) is 13.8. The van der Waals surface area contributed by atoms with E-state index in [0.29, 0.717) is 44.2 Å². The van der Waals surface area contributed by atoms with Crippen LogP contribution in [0.25, 0.3) is 0 Å². The Labute approximate surface area is 197 Å². The van der Waals surface area contributed by atoms with Crippen LogP contribution in [0.15, 0.2) is 10.6 Å². The number of amides is 2. The molecule has 184 valence electrons. The molecular formula is C20H30N4O7S2. The zero-order valence-corrected chi connectivity index (χ0v) is 20.4. The lowest BCUT2D eigenvalue weighted by Gasteiger charge is -2.47. The van der Waals surface area contributed by atoms with Crippen molar-refractivity contribution >= 4 is 39.6 Å². The molecule has 0 bridgehead atoms. The Bertz CT molecular complexity index is 979. The number of β-lactam (4-membered cyclic amide) rings is 1. The van der Waals surface area contributed by atoms with Crippen LogP contribution in [0.1, 0.15) is 20.3 Å². The summed E-state index contributed by atoms with van der Waals surface area (Å²) in [5.41, 5.74) is -0.0201. The summed E-state index contributed by atoms with van der Waals surface area (Å²) >= 11 is 1.41. The van der Waals surface area contributed by atoms with Gasteiger partial charge < -0.3 is 25.0 Å². The zero-order valence-electron chi connectivity index (χ0n) is 18.8. The SMILES string of the molecule is CC(NS(C)(=O)=O)[C@H]1C(=O)N2C(C(=O)O)=C(S[C@@H]3CN[C@H](C(=O)N4CCOCC4)C3)[C@H](C)[C@H]12. The molecule has 0 radical (unpaired) electrons. The van der Waals surface area contributed by atoms with Gasteiger partial charge in [-0.2, -0.15) is 0 Å². The van der Waals surface area contributed by atoms with Crippen LogP contribution < -0.4 is 10.0 Å². The van der Waals surface area contributed by atoms with Crippen LogP contribution in [-0.2, 0) is 29.1 Å². The maximum Gasteiger partial charge on any atom is 0.353 e. The number of morpholine rings is 1. The summed E-state index contributed by atoms with van der Waals surface area (Å²) in [5, 5.41) is 13.1. The van der Waals surface area contributed by atoms with E-state index in [1.165, 1.54) is 16.7 Å². The Morgan fingerprint density at radius 2 is 1.97 bits per heavy atom. The van der Waals surface area contributed by atoms with Crippen molar-refractivity contribution < 1.29 is 32.6 Å². The van der Waals surface area contributed by atoms with Gasteiger partial charge in [0.2, 0.25) is 21.8 Å². The van der Waals surface area contributed by atoms with E-state index in [1.807, 2.05) is 6.92 Å². The summed E-state index contributed by atoms with van der Waals surface area (Å²) in [6.07, 6.45) is 1.60. The quantitative estimate of drug-likeness (QED) is 0.374. The highest BCUT2D eigenvalue weighted by atomic mass is 32.2. The number of aliphatic carboxylic acids is 1. The van der Waals surface area contributed by atoms with E-state index in [2.05, 4.69) is 10.0 Å². The van der Waals surface area contributed by atoms with E-state index in [1.54, 1.807) is 11.8 Å². The smallest absolute Gasteiger partial charge is 0.353 e. The molecule has 4 heterocycles. The predicted molar refractivity (Wildman–Crippen MR) is 121 cm³/mol. The Balaban J connectivity index is 1.46. The Kier molecular flexibility index (Phi) is 6.80. The molecule has 0 aromatic rings. The lowest BCUT2D eigenvalue weighted by atomic mass is 9.78. The Hall–Kier alpha value is -1.67. The molecule has 0 aliphatic carbocycles. The minimum absolute atomic E-state index is 0.00869. The van der Waals surface area contributed by atoms with Crippen molar-refractivity contribution in [2.75, 3.05) is 39.1 Å². The normalized spacial score (nSPS) is 33.2. The molecule has 3 saturated heterocycles. The van der Waals surface area contributed by atoms with Gasteiger partial charge in [-0.1, -0.05) is 6.92 Å². The van der Waals surface area contributed by atoms with E-state index in [0.717, 1.165) is 6.26 Å². The highest BCUT2D eigenvalue weighted by Crippen LogP contribution is 2.51. The van der Waals surface area contributed by atoms with Crippen molar-refractivity contribution in [3.63, 3.8) is 0 Å². The highest BCUT2D eigenvalue weighted by Gasteiger charge is 2.60. The van der Waals surface area contributed by atoms with Crippen molar-refractivity contribution in [2.24, 2.45) is 11.8 Å². The summed E-state index contributed by atoms with van der Waals surface area (Å²) in [6.45, 7) is 6.26. The highest BCUT2D eigenvalue weighted by molar-refractivity contribution is 8.03. The fourth-order valence-corrected chi connectivity index (χ4v) is 7.57. The van der Waals surface area contributed by atoms with Crippen LogP contribution in [-0.4, -0.2) is 104 Å². The minimum Gasteiger partial charge on any atom is -0.477 e. The lowest BCUT2D eigenvalue weighted by molar-refractivity contribution is -0.157. The monoisotopic (exact) mass is 502 g/mol. The van der Waals surface area contributed by atoms with Gasteiger partial charge in [-0.15, -0.1) is 11.8 Å². The van der Waals surface area contributed by atoms with Crippen LogP contribution in [0.2, 0.25) is 0 Å². The number of hydrogen-bond donors (Lipinski definition) is 3. The molecule has 4 aliphatic rings. The summed E-state index contributed by atoms with van der Waals surface area (Å²) in [4.78, 5) is 41.4. The summed E-state index contributed by atoms with van der Waals surface area (Å²) in [7, 11) is -3.51. The van der Waals surface area contributed by atoms with E-state index >= 15 is 0 Å². The van der Waals surface area contributed by atoms with Crippen LogP contribution in [0, 0.1) is 11.8 Å². The van der Waals surface area contributed by atoms with Gasteiger partial charge in [-0.05, 0) is 13.3 Å². The van der Waals surface area contributed by atoms with Gasteiger partial charge in [0.25, 0.3) is 0 Å². The molecule has 13 heteroatoms. The van der Waals surface area contributed by atoms with Gasteiger partial charge in [-0.3, -0.25) is 9.59 Å². The van der Waals surface area contributed by atoms with Crippen molar-refractivity contribution in [2.45, 2.75) is 43.6 Å². The number of hydrogen-bond acceptors (Lipinski definition) is 8. The number of nitrogens with one attached hydrogen (secondary N) is 2. The third-order valence-electron chi connectivity index (χ3n) is 6.74. The maximum absolute atomic E-state index is 12.8. The first kappa shape index (κ1) is 24.5. The number of sulfonamides is 1. The van der Waals surface area contributed by atoms with Gasteiger partial charge in [0.05, 0.1) is 37.5 Å². The zero-order chi connectivity index (χ0) is 24.1. The molecule has 3 N–H and O–H groups in total. The average molecular weight is 503 g/mol. The molecule has 0 saturated carbocycles. The molecule has 0 spiro atoms. The molecular weight excluding hydrogens is 472 g/mol. The molecule has 0 aromatic heterocycles. The van der Waals surface area contributed by atoms with E-state index in [4.69, 9.17) is 4.74 Å². The van der Waals surface area contributed by atoms with Crippen molar-refractivity contribution in [3.05, 3.63) is 10.6 Å². The average Bonchev–Trinajstić information content (AvgIpc) is 3.29. The van der Waals surface area contributed by atoms with Gasteiger partial charge in [0.1, 0.15) is 5.70 Å². The summed E-state index contributed by atoms with van der Waals surface area (Å²) in [6, 6.07) is -1.37. The second-order valence-electron chi connectivity index (χ2n) is 9.08. The second-order valence-corrected chi connectivity index (χ2v) is 12.2. The third-order valence-corrected chi connectivity index (χ3v) is 9.05. The number of carboxylic acid groups (broad SMARTS) is 1. The molecule has 6 atom stereocenters. The lowest BCUT2D eigenvalue weighted by Crippen LogP contribution is -2.66. The van der Waals surface area contributed by atoms with Gasteiger partial charge in [-0.25, -0.2) is 17.9 Å². The molecule has 11 nitrogen and oxygen atoms in total. The fourth-order valence-electron chi connectivity index (χ4n) is 5.27. The largest absolute Gasteiger partial charge is 0.477 e. The fraction of sp³-hybridized carbons (Fsp3) is 0.750. The van der Waals surface area contributed by atoms with Crippen molar-refractivity contribution in [1.29, 1.82) is 0 Å². The molecule has 4 rings (SSSR count). The number of nitrogens with zero attached hydrogens (tertiary/aromatic N) is 2. The number of carbonyl (C=O) groups is 3. The van der Waals surface area contributed by atoms with Gasteiger partial charge in [0, 0.05) is 41.7 Å². The predicted octanol–water partition coefficient (Wildman–Crippen LogP) is -0.980. The molecule has 4 aliphatic heterocycles. The first-order chi connectivity index (χ1) is 15.5. The molecule has 0 aromatic carbocycles. The van der Waals surface area contributed by atoms with Crippen LogP contribution in [0.4, 0.5) is 0 Å². The number of carboxylic acids is 1. The number of carbonyl (C=O) groups excluding carboxylic acids is 2. The number of ether oxygens (including phenoxy) is 1. The third kappa shape index (κ3) is 4.65. The Morgan fingerprint density at radius 1 is 1.30 bits per heavy atom. The van der Waals surface area contributed by atoms with E-state index in [-0.39, 0.29) is 34.7 Å². The topological polar surface area (TPSA) is 145 Å². The molecule has 2 amide bonds. The molecule has 33 heavy (non-hydrogen) atoms. The second kappa shape index (κ2) is 9.17. The van der Waals surface area contributed by atoms with Gasteiger partial charge in [0.15, 0.2) is 0 Å².